The molecule has 0 saturated carbocycles. The highest BCUT2D eigenvalue weighted by atomic mass is 32.2. The second kappa shape index (κ2) is 3.92. The van der Waals surface area contributed by atoms with Crippen LogP contribution in [0.5, 0.6) is 0 Å². The molecule has 0 radical (unpaired) electrons. The van der Waals surface area contributed by atoms with E-state index in [2.05, 4.69) is 14.7 Å². The van der Waals surface area contributed by atoms with Crippen LogP contribution in [0.3, 0.4) is 0 Å². The highest BCUT2D eigenvalue weighted by Crippen LogP contribution is 2.26. The number of benzene rings is 1. The van der Waals surface area contributed by atoms with Crippen LogP contribution in [0.1, 0.15) is 5.56 Å². The number of amidine groups is 1. The van der Waals surface area contributed by atoms with Gasteiger partial charge in [0.15, 0.2) is 5.84 Å². The molecule has 0 saturated heterocycles. The monoisotopic (exact) mass is 259 g/mol. The lowest BCUT2D eigenvalue weighted by Gasteiger charge is -2.04. The Balaban J connectivity index is 2.05. The van der Waals surface area contributed by atoms with Gasteiger partial charge in [-0.15, -0.1) is 4.40 Å². The average molecular weight is 259 g/mol. The number of nitrogens with one attached hydrogen (secondary N) is 1. The molecule has 1 aromatic carbocycles. The lowest BCUT2D eigenvalue weighted by molar-refractivity contribution is 0.599. The highest BCUT2D eigenvalue weighted by Gasteiger charge is 2.28. The minimum absolute atomic E-state index is 0.233. The van der Waals surface area contributed by atoms with Crippen molar-refractivity contribution in [1.29, 1.82) is 0 Å². The maximum atomic E-state index is 11.8. The van der Waals surface area contributed by atoms with Gasteiger partial charge < -0.3 is 5.32 Å². The van der Waals surface area contributed by atoms with Crippen molar-refractivity contribution in [3.8, 4) is 0 Å². The third-order valence-corrected chi connectivity index (χ3v) is 3.89. The van der Waals surface area contributed by atoms with Gasteiger partial charge in [0, 0.05) is 11.8 Å². The first kappa shape index (κ1) is 10.9. The third kappa shape index (κ3) is 1.76. The summed E-state index contributed by atoms with van der Waals surface area (Å²) in [4.78, 5) is 4.18. The predicted molar refractivity (Wildman–Crippen MR) is 68.0 cm³/mol. The van der Waals surface area contributed by atoms with Crippen molar-refractivity contribution in [3.05, 3.63) is 54.4 Å². The number of pyridine rings is 1. The van der Waals surface area contributed by atoms with Crippen LogP contribution < -0.4 is 5.32 Å². The van der Waals surface area contributed by atoms with Gasteiger partial charge in [0.05, 0.1) is 11.9 Å². The summed E-state index contributed by atoms with van der Waals surface area (Å²) in [6.45, 7) is 0. The number of fused-ring (bicyclic) bond motifs is 1. The Morgan fingerprint density at radius 1 is 1.06 bits per heavy atom. The van der Waals surface area contributed by atoms with Crippen LogP contribution in [0.4, 0.5) is 5.69 Å². The molecule has 1 aliphatic rings. The number of hydrogen-bond donors (Lipinski definition) is 1. The summed E-state index contributed by atoms with van der Waals surface area (Å²) < 4.78 is 27.4. The first-order valence-corrected chi connectivity index (χ1v) is 6.72. The van der Waals surface area contributed by atoms with Gasteiger partial charge in [0.25, 0.3) is 10.0 Å². The Labute approximate surface area is 104 Å². The van der Waals surface area contributed by atoms with E-state index in [0.29, 0.717) is 17.1 Å². The molecule has 2 aromatic rings. The first-order chi connectivity index (χ1) is 8.67. The van der Waals surface area contributed by atoms with Crippen molar-refractivity contribution in [2.75, 3.05) is 5.32 Å². The smallest absolute Gasteiger partial charge is 0.285 e. The fourth-order valence-electron chi connectivity index (χ4n) is 1.77. The SMILES string of the molecule is O=S1(=O)N=C(Nc2cccnc2)c2ccccc21. The molecule has 0 bridgehead atoms. The molecule has 18 heavy (non-hydrogen) atoms. The van der Waals surface area contributed by atoms with E-state index in [-0.39, 0.29) is 4.90 Å². The summed E-state index contributed by atoms with van der Waals surface area (Å²) in [7, 11) is -3.57. The molecule has 0 atom stereocenters. The molecule has 3 rings (SSSR count). The zero-order valence-corrected chi connectivity index (χ0v) is 10.1. The minimum atomic E-state index is -3.57. The van der Waals surface area contributed by atoms with E-state index in [1.54, 1.807) is 48.8 Å². The summed E-state index contributed by atoms with van der Waals surface area (Å²) >= 11 is 0. The van der Waals surface area contributed by atoms with Crippen molar-refractivity contribution in [3.63, 3.8) is 0 Å². The van der Waals surface area contributed by atoms with Gasteiger partial charge in [-0.25, -0.2) is 0 Å². The van der Waals surface area contributed by atoms with E-state index in [1.165, 1.54) is 0 Å². The topological polar surface area (TPSA) is 71.4 Å². The molecule has 0 amide bonds. The average Bonchev–Trinajstić information content (AvgIpc) is 2.63. The molecule has 0 spiro atoms. The molecule has 0 fully saturated rings. The number of aromatic nitrogens is 1. The normalized spacial score (nSPS) is 15.9. The molecule has 1 aliphatic heterocycles. The van der Waals surface area contributed by atoms with Crippen LogP contribution in [0, 0.1) is 0 Å². The van der Waals surface area contributed by atoms with Crippen LogP contribution in [0.15, 0.2) is 58.1 Å². The van der Waals surface area contributed by atoms with Crippen LogP contribution >= 0.6 is 0 Å². The third-order valence-electron chi connectivity index (χ3n) is 2.56. The Morgan fingerprint density at radius 2 is 1.89 bits per heavy atom. The highest BCUT2D eigenvalue weighted by molar-refractivity contribution is 7.90. The fraction of sp³-hybridized carbons (Fsp3) is 0. The van der Waals surface area contributed by atoms with E-state index < -0.39 is 10.0 Å². The molecular weight excluding hydrogens is 250 g/mol. The van der Waals surface area contributed by atoms with E-state index in [1.807, 2.05) is 0 Å². The molecule has 6 heteroatoms. The first-order valence-electron chi connectivity index (χ1n) is 5.28. The second-order valence-corrected chi connectivity index (χ2v) is 5.35. The summed E-state index contributed by atoms with van der Waals surface area (Å²) in [5, 5.41) is 2.96. The summed E-state index contributed by atoms with van der Waals surface area (Å²) in [5.74, 6) is 0.332. The predicted octanol–water partition coefficient (Wildman–Crippen LogP) is 1.64. The molecule has 5 nitrogen and oxygen atoms in total. The van der Waals surface area contributed by atoms with Crippen molar-refractivity contribution in [2.24, 2.45) is 4.40 Å². The van der Waals surface area contributed by atoms with Crippen LogP contribution in [0.2, 0.25) is 0 Å². The van der Waals surface area contributed by atoms with Gasteiger partial charge in [0.2, 0.25) is 0 Å². The molecule has 90 valence electrons. The van der Waals surface area contributed by atoms with E-state index >= 15 is 0 Å². The van der Waals surface area contributed by atoms with E-state index in [4.69, 9.17) is 0 Å². The summed E-state index contributed by atoms with van der Waals surface area (Å²) in [5.41, 5.74) is 1.28. The number of hydrogen-bond acceptors (Lipinski definition) is 4. The van der Waals surface area contributed by atoms with Crippen LogP contribution in [-0.2, 0) is 10.0 Å². The van der Waals surface area contributed by atoms with Crippen molar-refractivity contribution in [2.45, 2.75) is 4.90 Å². The summed E-state index contributed by atoms with van der Waals surface area (Å²) in [6.07, 6.45) is 3.25. The van der Waals surface area contributed by atoms with Crippen molar-refractivity contribution < 1.29 is 8.42 Å². The van der Waals surface area contributed by atoms with Gasteiger partial charge in [-0.2, -0.15) is 8.42 Å². The van der Waals surface area contributed by atoms with Gasteiger partial charge in [-0.1, -0.05) is 12.1 Å². The zero-order valence-electron chi connectivity index (χ0n) is 9.24. The maximum absolute atomic E-state index is 11.8. The minimum Gasteiger partial charge on any atom is -0.338 e. The standard InChI is InChI=1S/C12H9N3O2S/c16-18(17)11-6-2-1-5-10(11)12(15-18)14-9-4-3-7-13-8-9/h1-8H,(H,14,15). The second-order valence-electron chi connectivity index (χ2n) is 3.78. The Kier molecular flexibility index (Phi) is 2.38. The van der Waals surface area contributed by atoms with Gasteiger partial charge in [-0.05, 0) is 24.3 Å². The number of anilines is 1. The van der Waals surface area contributed by atoms with Crippen LogP contribution in [0.25, 0.3) is 0 Å². The zero-order chi connectivity index (χ0) is 12.6. The Hall–Kier alpha value is -2.21. The van der Waals surface area contributed by atoms with Crippen molar-refractivity contribution in [1.82, 2.24) is 4.98 Å². The molecule has 0 aliphatic carbocycles. The maximum Gasteiger partial charge on any atom is 0.285 e. The summed E-state index contributed by atoms with van der Waals surface area (Å²) in [6, 6.07) is 10.3. The Bertz CT molecular complexity index is 724. The molecular formula is C12H9N3O2S. The lowest BCUT2D eigenvalue weighted by atomic mass is 10.2. The molecule has 2 heterocycles. The van der Waals surface area contributed by atoms with E-state index in [9.17, 15) is 8.42 Å². The number of sulfonamides is 1. The van der Waals surface area contributed by atoms with E-state index in [0.717, 1.165) is 0 Å². The van der Waals surface area contributed by atoms with Crippen LogP contribution in [-0.4, -0.2) is 19.2 Å². The fourth-order valence-corrected chi connectivity index (χ4v) is 2.95. The largest absolute Gasteiger partial charge is 0.338 e. The number of nitrogens with zero attached hydrogens (tertiary/aromatic N) is 2. The number of rotatable bonds is 1. The van der Waals surface area contributed by atoms with Crippen molar-refractivity contribution >= 4 is 21.5 Å². The van der Waals surface area contributed by atoms with Gasteiger partial charge >= 0.3 is 0 Å². The van der Waals surface area contributed by atoms with Gasteiger partial charge in [-0.3, -0.25) is 4.98 Å². The van der Waals surface area contributed by atoms with Gasteiger partial charge in [0.1, 0.15) is 4.90 Å². The molecule has 1 aromatic heterocycles. The molecule has 1 N–H and O–H groups in total. The molecule has 0 unspecified atom stereocenters. The Morgan fingerprint density at radius 3 is 2.67 bits per heavy atom. The quantitative estimate of drug-likeness (QED) is 0.845. The lowest BCUT2D eigenvalue weighted by Crippen LogP contribution is -2.11.